The number of hydrogen-bond acceptors (Lipinski definition) is 13. The van der Waals surface area contributed by atoms with Crippen LogP contribution in [0.3, 0.4) is 0 Å². The lowest BCUT2D eigenvalue weighted by Gasteiger charge is -2.38. The second kappa shape index (κ2) is 14.4. The van der Waals surface area contributed by atoms with Crippen molar-refractivity contribution < 1.29 is 52.7 Å². The van der Waals surface area contributed by atoms with E-state index in [0.717, 1.165) is 30.6 Å². The van der Waals surface area contributed by atoms with Gasteiger partial charge in [0.2, 0.25) is 16.3 Å². The van der Waals surface area contributed by atoms with Gasteiger partial charge in [0, 0.05) is 46.5 Å². The summed E-state index contributed by atoms with van der Waals surface area (Å²) < 4.78 is 37.6. The minimum atomic E-state index is -3.28. The second-order valence-corrected chi connectivity index (χ2v) is 13.6. The molecule has 1 aliphatic carbocycles. The third-order valence-electron chi connectivity index (χ3n) is 8.57. The van der Waals surface area contributed by atoms with Gasteiger partial charge in [0.25, 0.3) is 0 Å². The van der Waals surface area contributed by atoms with Gasteiger partial charge < -0.3 is 44.6 Å². The Bertz CT molecular complexity index is 1510. The third kappa shape index (κ3) is 7.67. The molecule has 1 saturated heterocycles. The normalized spacial score (nSPS) is 26.8. The predicted molar refractivity (Wildman–Crippen MR) is 161 cm³/mol. The van der Waals surface area contributed by atoms with Crippen LogP contribution in [0.5, 0.6) is 0 Å². The van der Waals surface area contributed by atoms with Gasteiger partial charge in [-0.05, 0) is 44.7 Å². The molecule has 2 aliphatic rings. The average molecular weight is 672 g/mol. The number of aromatic nitrogens is 3. The first-order valence-corrected chi connectivity index (χ1v) is 16.4. The molecule has 5 atom stereocenters. The number of rotatable bonds is 10. The van der Waals surface area contributed by atoms with E-state index < -0.39 is 58.8 Å². The molecule has 3 heterocycles. The third-order valence-corrected chi connectivity index (χ3v) is 10.1. The molecule has 0 bridgehead atoms. The van der Waals surface area contributed by atoms with Crippen molar-refractivity contribution in [3.8, 4) is 0 Å². The molecule has 19 heteroatoms. The number of nitrogens with zero attached hydrogens (tertiary/aromatic N) is 6. The van der Waals surface area contributed by atoms with Crippen LogP contribution in [-0.2, 0) is 24.3 Å². The van der Waals surface area contributed by atoms with E-state index in [1.807, 2.05) is 11.9 Å². The van der Waals surface area contributed by atoms with Gasteiger partial charge in [-0.25, -0.2) is 37.5 Å². The Morgan fingerprint density at radius 1 is 1.02 bits per heavy atom. The van der Waals surface area contributed by atoms with Gasteiger partial charge in [0.1, 0.15) is 30.5 Å². The number of anilines is 1. The molecule has 2 fully saturated rings. The Morgan fingerprint density at radius 3 is 2.30 bits per heavy atom. The SMILES string of the molecule is CNS(=O)(=O)C[C@H]1CC[C@H](N(C)c2ncnc3c2ccn3C(=O)N(C)CCN(C)C(=O)O[C@@H]2O[C@H](C(=O)O)[C@@H](O)[C@H](O)[C@H]2O)CC1. The summed E-state index contributed by atoms with van der Waals surface area (Å²) in [7, 11) is 2.93. The minimum Gasteiger partial charge on any atom is -0.479 e. The monoisotopic (exact) mass is 671 g/mol. The maximum Gasteiger partial charge on any atom is 0.411 e. The number of carbonyl (C=O) groups is 3. The van der Waals surface area contributed by atoms with Crippen molar-refractivity contribution in [1.82, 2.24) is 29.1 Å². The Labute approximate surface area is 265 Å². The van der Waals surface area contributed by atoms with Crippen molar-refractivity contribution in [2.75, 3.05) is 51.9 Å². The number of fused-ring (bicyclic) bond motifs is 1. The first-order valence-electron chi connectivity index (χ1n) is 14.7. The maximum atomic E-state index is 13.4. The summed E-state index contributed by atoms with van der Waals surface area (Å²) >= 11 is 0. The molecule has 0 unspecified atom stereocenters. The number of carboxylic acids is 1. The zero-order valence-corrected chi connectivity index (χ0v) is 26.8. The number of amides is 2. The number of aliphatic carboxylic acids is 1. The number of likely N-dealkylation sites (N-methyl/N-ethyl adjacent to an activating group) is 2. The molecule has 1 saturated carbocycles. The van der Waals surface area contributed by atoms with Crippen LogP contribution < -0.4 is 9.62 Å². The van der Waals surface area contributed by atoms with Crippen LogP contribution in [0.4, 0.5) is 15.4 Å². The summed E-state index contributed by atoms with van der Waals surface area (Å²) in [4.78, 5) is 50.5. The Morgan fingerprint density at radius 2 is 1.67 bits per heavy atom. The molecular weight excluding hydrogens is 630 g/mol. The fourth-order valence-corrected chi connectivity index (χ4v) is 6.77. The van der Waals surface area contributed by atoms with Crippen molar-refractivity contribution in [3.63, 3.8) is 0 Å². The number of carbonyl (C=O) groups excluding carboxylic acids is 2. The van der Waals surface area contributed by atoms with Gasteiger partial charge in [-0.2, -0.15) is 0 Å². The van der Waals surface area contributed by atoms with Crippen molar-refractivity contribution in [1.29, 1.82) is 0 Å². The van der Waals surface area contributed by atoms with Crippen LogP contribution in [0, 0.1) is 5.92 Å². The van der Waals surface area contributed by atoms with E-state index in [2.05, 4.69) is 14.7 Å². The average Bonchev–Trinajstić information content (AvgIpc) is 3.47. The topological polar surface area (TPSA) is 237 Å². The number of aliphatic hydroxyl groups is 3. The summed E-state index contributed by atoms with van der Waals surface area (Å²) in [5, 5.41) is 39.6. The highest BCUT2D eigenvalue weighted by molar-refractivity contribution is 7.89. The van der Waals surface area contributed by atoms with Crippen LogP contribution in [-0.4, -0.2) is 155 Å². The molecule has 5 N–H and O–H groups in total. The van der Waals surface area contributed by atoms with E-state index in [9.17, 15) is 38.1 Å². The second-order valence-electron chi connectivity index (χ2n) is 11.6. The number of nitrogens with one attached hydrogen (secondary N) is 1. The lowest BCUT2D eigenvalue weighted by molar-refractivity contribution is -0.279. The van der Waals surface area contributed by atoms with E-state index in [1.54, 1.807) is 12.3 Å². The molecule has 2 aromatic heterocycles. The molecular formula is C27H41N7O11S. The van der Waals surface area contributed by atoms with E-state index in [1.165, 1.54) is 36.9 Å². The zero-order valence-electron chi connectivity index (χ0n) is 26.0. The van der Waals surface area contributed by atoms with Gasteiger partial charge in [0.05, 0.1) is 11.1 Å². The van der Waals surface area contributed by atoms with Crippen LogP contribution in [0.25, 0.3) is 11.0 Å². The number of hydrogen-bond donors (Lipinski definition) is 5. The molecule has 0 spiro atoms. The number of sulfonamides is 1. The predicted octanol–water partition coefficient (Wildman–Crippen LogP) is -1.16. The van der Waals surface area contributed by atoms with E-state index in [4.69, 9.17) is 14.6 Å². The van der Waals surface area contributed by atoms with Gasteiger partial charge in [-0.15, -0.1) is 0 Å². The number of aliphatic hydroxyl groups excluding tert-OH is 3. The summed E-state index contributed by atoms with van der Waals surface area (Å²) in [6, 6.07) is 1.43. The van der Waals surface area contributed by atoms with Gasteiger partial charge in [0.15, 0.2) is 11.8 Å². The Balaban J connectivity index is 1.35. The Kier molecular flexibility index (Phi) is 11.1. The van der Waals surface area contributed by atoms with Gasteiger partial charge in [-0.3, -0.25) is 4.57 Å². The van der Waals surface area contributed by atoms with Crippen LogP contribution >= 0.6 is 0 Å². The first kappa shape index (κ1) is 35.2. The van der Waals surface area contributed by atoms with Gasteiger partial charge in [-0.1, -0.05) is 0 Å². The lowest BCUT2D eigenvalue weighted by atomic mass is 9.86. The maximum absolute atomic E-state index is 13.4. The lowest BCUT2D eigenvalue weighted by Crippen LogP contribution is -2.61. The van der Waals surface area contributed by atoms with E-state index in [-0.39, 0.29) is 30.8 Å². The number of carboxylic acid groups (broad SMARTS) is 1. The molecule has 0 aromatic carbocycles. The van der Waals surface area contributed by atoms with Crippen LogP contribution in [0.2, 0.25) is 0 Å². The molecule has 46 heavy (non-hydrogen) atoms. The molecule has 1 aliphatic heterocycles. The smallest absolute Gasteiger partial charge is 0.411 e. The van der Waals surface area contributed by atoms with E-state index >= 15 is 0 Å². The van der Waals surface area contributed by atoms with Gasteiger partial charge >= 0.3 is 18.1 Å². The molecule has 256 valence electrons. The van der Waals surface area contributed by atoms with Crippen LogP contribution in [0.15, 0.2) is 18.6 Å². The highest BCUT2D eigenvalue weighted by Gasteiger charge is 2.48. The molecule has 2 aromatic rings. The molecule has 2 amide bonds. The standard InChI is InChI=1S/C27H41N7O11S/c1-28-46(42,43)13-15-5-7-16(8-6-15)33(4)22-17-9-10-34(23(17)30-14-29-22)26(40)31(2)11-12-32(3)27(41)45-25-20(37)18(35)19(36)21(44-25)24(38)39/h9-10,14-16,18-21,25,28,35-37H,5-8,11-13H2,1-4H3,(H,38,39)/t15-,16-,18-,19-,20+,21-,25-/m0/s1. The van der Waals surface area contributed by atoms with Crippen LogP contribution in [0.1, 0.15) is 25.7 Å². The quantitative estimate of drug-likeness (QED) is 0.200. The molecule has 4 rings (SSSR count). The zero-order chi connectivity index (χ0) is 33.9. The summed E-state index contributed by atoms with van der Waals surface area (Å²) in [5.41, 5.74) is 0.382. The summed E-state index contributed by atoms with van der Waals surface area (Å²) in [5.74, 6) is -0.783. The summed E-state index contributed by atoms with van der Waals surface area (Å²) in [6.07, 6.45) is -4.48. The van der Waals surface area contributed by atoms with E-state index in [0.29, 0.717) is 16.9 Å². The van der Waals surface area contributed by atoms with Crippen molar-refractivity contribution in [2.24, 2.45) is 5.92 Å². The van der Waals surface area contributed by atoms with Crippen molar-refractivity contribution >= 4 is 45.0 Å². The highest BCUT2D eigenvalue weighted by Crippen LogP contribution is 2.32. The fourth-order valence-electron chi connectivity index (χ4n) is 5.65. The largest absolute Gasteiger partial charge is 0.479 e. The first-order chi connectivity index (χ1) is 21.6. The fraction of sp³-hybridized carbons (Fsp3) is 0.667. The minimum absolute atomic E-state index is 0.0299. The molecule has 0 radical (unpaired) electrons. The summed E-state index contributed by atoms with van der Waals surface area (Å²) in [6.45, 7) is 0.0134. The molecule has 18 nitrogen and oxygen atoms in total. The van der Waals surface area contributed by atoms with Crippen molar-refractivity contribution in [2.45, 2.75) is 62.4 Å². The Hall–Kier alpha value is -3.62. The van der Waals surface area contributed by atoms with Crippen molar-refractivity contribution in [3.05, 3.63) is 18.6 Å². The highest BCUT2D eigenvalue weighted by atomic mass is 32.2. The number of ether oxygens (including phenoxy) is 2.